The van der Waals surface area contributed by atoms with E-state index in [1.165, 1.54) is 6.08 Å². The fraction of sp³-hybridized carbons (Fsp3) is 0.429. The lowest BCUT2D eigenvalue weighted by atomic mass is 10.0. The van der Waals surface area contributed by atoms with Crippen molar-refractivity contribution in [1.82, 2.24) is 5.32 Å². The average molecular weight is 281 g/mol. The van der Waals surface area contributed by atoms with Crippen molar-refractivity contribution < 1.29 is 14.7 Å². The lowest BCUT2D eigenvalue weighted by Gasteiger charge is -2.09. The Morgan fingerprint density at radius 1 is 1.47 bits per heavy atom. The number of carbonyl (C=O) groups is 2. The predicted octanol–water partition coefficient (Wildman–Crippen LogP) is 2.77. The van der Waals surface area contributed by atoms with Crippen molar-refractivity contribution in [2.45, 2.75) is 26.2 Å². The molecule has 1 heterocycles. The van der Waals surface area contributed by atoms with Crippen molar-refractivity contribution in [2.75, 3.05) is 6.54 Å². The van der Waals surface area contributed by atoms with Gasteiger partial charge >= 0.3 is 5.97 Å². The third kappa shape index (κ3) is 7.41. The van der Waals surface area contributed by atoms with E-state index >= 15 is 0 Å². The monoisotopic (exact) mass is 281 g/mol. The Kier molecular flexibility index (Phi) is 6.89. The highest BCUT2D eigenvalue weighted by molar-refractivity contribution is 7.10. The van der Waals surface area contributed by atoms with Gasteiger partial charge in [-0.25, -0.2) is 0 Å². The normalized spacial score (nSPS) is 12.5. The van der Waals surface area contributed by atoms with E-state index in [9.17, 15) is 9.59 Å². The zero-order valence-electron chi connectivity index (χ0n) is 11.0. The van der Waals surface area contributed by atoms with E-state index in [1.807, 2.05) is 24.4 Å². The van der Waals surface area contributed by atoms with Crippen LogP contribution in [0.2, 0.25) is 0 Å². The molecular weight excluding hydrogens is 262 g/mol. The van der Waals surface area contributed by atoms with Gasteiger partial charge in [0.15, 0.2) is 0 Å². The summed E-state index contributed by atoms with van der Waals surface area (Å²) in [6.07, 6.45) is 4.94. The number of carboxylic acids is 1. The molecule has 1 unspecified atom stereocenters. The molecule has 0 aromatic carbocycles. The molecule has 0 saturated heterocycles. The van der Waals surface area contributed by atoms with Gasteiger partial charge in [-0.1, -0.05) is 13.0 Å². The minimum atomic E-state index is -0.769. The molecule has 1 atom stereocenters. The van der Waals surface area contributed by atoms with Crippen molar-refractivity contribution in [2.24, 2.45) is 5.92 Å². The van der Waals surface area contributed by atoms with Crippen LogP contribution in [0.15, 0.2) is 23.6 Å². The van der Waals surface area contributed by atoms with Crippen molar-refractivity contribution >= 4 is 29.3 Å². The Morgan fingerprint density at radius 2 is 2.26 bits per heavy atom. The smallest absolute Gasteiger partial charge is 0.303 e. The molecule has 0 fully saturated rings. The van der Waals surface area contributed by atoms with Crippen LogP contribution in [0.5, 0.6) is 0 Å². The summed E-state index contributed by atoms with van der Waals surface area (Å²) < 4.78 is 0. The van der Waals surface area contributed by atoms with Crippen LogP contribution in [0.4, 0.5) is 0 Å². The van der Waals surface area contributed by atoms with Crippen LogP contribution in [-0.2, 0) is 9.59 Å². The van der Waals surface area contributed by atoms with Gasteiger partial charge in [0.05, 0.1) is 0 Å². The minimum Gasteiger partial charge on any atom is -0.481 e. The van der Waals surface area contributed by atoms with Crippen LogP contribution in [0.1, 0.15) is 31.1 Å². The highest BCUT2D eigenvalue weighted by Crippen LogP contribution is 2.10. The first kappa shape index (κ1) is 15.4. The second-order valence-corrected chi connectivity index (χ2v) is 5.45. The number of nitrogens with one attached hydrogen (secondary N) is 1. The Morgan fingerprint density at radius 3 is 2.89 bits per heavy atom. The molecule has 4 nitrogen and oxygen atoms in total. The summed E-state index contributed by atoms with van der Waals surface area (Å²) in [7, 11) is 0. The maximum Gasteiger partial charge on any atom is 0.303 e. The first-order valence-electron chi connectivity index (χ1n) is 6.29. The van der Waals surface area contributed by atoms with Gasteiger partial charge in [0, 0.05) is 23.9 Å². The van der Waals surface area contributed by atoms with Crippen LogP contribution < -0.4 is 5.32 Å². The number of aliphatic carboxylic acids is 1. The van der Waals surface area contributed by atoms with Gasteiger partial charge in [0.2, 0.25) is 5.91 Å². The molecule has 0 aliphatic rings. The SMILES string of the molecule is CC(CCNC(=O)/C=C/c1cccs1)CCC(=O)O. The Bertz CT molecular complexity index is 426. The second kappa shape index (κ2) is 8.48. The third-order valence-electron chi connectivity index (χ3n) is 2.73. The molecule has 19 heavy (non-hydrogen) atoms. The third-order valence-corrected chi connectivity index (χ3v) is 3.57. The molecule has 5 heteroatoms. The molecule has 0 bridgehead atoms. The van der Waals surface area contributed by atoms with Crippen LogP contribution in [0.25, 0.3) is 6.08 Å². The number of hydrogen-bond acceptors (Lipinski definition) is 3. The van der Waals surface area contributed by atoms with E-state index in [2.05, 4.69) is 5.32 Å². The zero-order chi connectivity index (χ0) is 14.1. The quantitative estimate of drug-likeness (QED) is 0.720. The zero-order valence-corrected chi connectivity index (χ0v) is 11.8. The standard InChI is InChI=1S/C14H19NO3S/c1-11(4-7-14(17)18)8-9-15-13(16)6-5-12-3-2-10-19-12/h2-3,5-6,10-11H,4,7-9H2,1H3,(H,15,16)(H,17,18)/b6-5+. The summed E-state index contributed by atoms with van der Waals surface area (Å²) >= 11 is 1.58. The minimum absolute atomic E-state index is 0.112. The van der Waals surface area contributed by atoms with Crippen LogP contribution in [0, 0.1) is 5.92 Å². The number of carbonyl (C=O) groups excluding carboxylic acids is 1. The summed E-state index contributed by atoms with van der Waals surface area (Å²) in [4.78, 5) is 23.0. The first-order valence-corrected chi connectivity index (χ1v) is 7.17. The molecule has 1 aromatic rings. The summed E-state index contributed by atoms with van der Waals surface area (Å²) in [6, 6.07) is 3.88. The first-order chi connectivity index (χ1) is 9.08. The highest BCUT2D eigenvalue weighted by Gasteiger charge is 2.05. The van der Waals surface area contributed by atoms with E-state index in [1.54, 1.807) is 17.4 Å². The summed E-state index contributed by atoms with van der Waals surface area (Å²) in [5.41, 5.74) is 0. The molecule has 104 valence electrons. The number of thiophene rings is 1. The molecule has 2 N–H and O–H groups in total. The number of amides is 1. The number of rotatable bonds is 8. The Balaban J connectivity index is 2.15. The van der Waals surface area contributed by atoms with E-state index in [-0.39, 0.29) is 12.3 Å². The Labute approximate surface area is 117 Å². The van der Waals surface area contributed by atoms with Gasteiger partial charge in [0.25, 0.3) is 0 Å². The molecule has 1 rings (SSSR count). The summed E-state index contributed by atoms with van der Waals surface area (Å²) in [5.74, 6) is -0.578. The van der Waals surface area contributed by atoms with Crippen molar-refractivity contribution in [3.8, 4) is 0 Å². The van der Waals surface area contributed by atoms with Crippen molar-refractivity contribution in [3.63, 3.8) is 0 Å². The maximum absolute atomic E-state index is 11.5. The molecule has 0 spiro atoms. The second-order valence-electron chi connectivity index (χ2n) is 4.47. The van der Waals surface area contributed by atoms with E-state index in [0.29, 0.717) is 18.9 Å². The van der Waals surface area contributed by atoms with Gasteiger partial charge < -0.3 is 10.4 Å². The van der Waals surface area contributed by atoms with Gasteiger partial charge in [0.1, 0.15) is 0 Å². The molecule has 0 aliphatic heterocycles. The molecule has 0 radical (unpaired) electrons. The van der Waals surface area contributed by atoms with E-state index in [0.717, 1.165) is 11.3 Å². The van der Waals surface area contributed by atoms with Crippen LogP contribution in [-0.4, -0.2) is 23.5 Å². The lowest BCUT2D eigenvalue weighted by Crippen LogP contribution is -2.23. The van der Waals surface area contributed by atoms with E-state index in [4.69, 9.17) is 5.11 Å². The number of hydrogen-bond donors (Lipinski definition) is 2. The average Bonchev–Trinajstić information content (AvgIpc) is 2.87. The van der Waals surface area contributed by atoms with Gasteiger partial charge in [-0.2, -0.15) is 0 Å². The van der Waals surface area contributed by atoms with Crippen molar-refractivity contribution in [3.05, 3.63) is 28.5 Å². The van der Waals surface area contributed by atoms with Crippen molar-refractivity contribution in [1.29, 1.82) is 0 Å². The topological polar surface area (TPSA) is 66.4 Å². The number of carboxylic acid groups (broad SMARTS) is 1. The fourth-order valence-corrected chi connectivity index (χ4v) is 2.18. The summed E-state index contributed by atoms with van der Waals surface area (Å²) in [6.45, 7) is 2.57. The Hall–Kier alpha value is -1.62. The van der Waals surface area contributed by atoms with Crippen LogP contribution >= 0.6 is 11.3 Å². The largest absolute Gasteiger partial charge is 0.481 e. The predicted molar refractivity (Wildman–Crippen MR) is 77.0 cm³/mol. The van der Waals surface area contributed by atoms with Gasteiger partial charge in [-0.3, -0.25) is 9.59 Å². The van der Waals surface area contributed by atoms with Crippen LogP contribution in [0.3, 0.4) is 0 Å². The fourth-order valence-electron chi connectivity index (χ4n) is 1.56. The maximum atomic E-state index is 11.5. The van der Waals surface area contributed by atoms with E-state index < -0.39 is 5.97 Å². The molecule has 0 aliphatic carbocycles. The highest BCUT2D eigenvalue weighted by atomic mass is 32.1. The summed E-state index contributed by atoms with van der Waals surface area (Å²) in [5, 5.41) is 13.3. The molecular formula is C14H19NO3S. The molecule has 1 amide bonds. The molecule has 1 aromatic heterocycles. The molecule has 0 saturated carbocycles. The lowest BCUT2D eigenvalue weighted by molar-refractivity contribution is -0.137. The van der Waals surface area contributed by atoms with Gasteiger partial charge in [-0.05, 0) is 36.3 Å². The van der Waals surface area contributed by atoms with Gasteiger partial charge in [-0.15, -0.1) is 11.3 Å².